The maximum atomic E-state index is 13.7. The van der Waals surface area contributed by atoms with E-state index < -0.39 is 41.4 Å². The minimum absolute atomic E-state index is 0.100. The van der Waals surface area contributed by atoms with Gasteiger partial charge in [-0.3, -0.25) is 19.2 Å². The highest BCUT2D eigenvalue weighted by Crippen LogP contribution is 2.39. The van der Waals surface area contributed by atoms with Gasteiger partial charge in [-0.1, -0.05) is 35.4 Å². The van der Waals surface area contributed by atoms with Crippen molar-refractivity contribution in [1.29, 1.82) is 0 Å². The third-order valence-corrected chi connectivity index (χ3v) is 6.78. The second-order valence-electron chi connectivity index (χ2n) is 8.59. The maximum absolute atomic E-state index is 13.7. The van der Waals surface area contributed by atoms with Crippen LogP contribution in [0, 0.1) is 11.8 Å². The molecule has 0 spiro atoms. The van der Waals surface area contributed by atoms with E-state index in [0.717, 1.165) is 15.6 Å². The van der Waals surface area contributed by atoms with Gasteiger partial charge in [0.05, 0.1) is 29.5 Å². The van der Waals surface area contributed by atoms with Gasteiger partial charge in [0.2, 0.25) is 0 Å². The summed E-state index contributed by atoms with van der Waals surface area (Å²) in [6.07, 6.45) is 2.81. The Bertz CT molecular complexity index is 1190. The second-order valence-corrected chi connectivity index (χ2v) is 9.00. The van der Waals surface area contributed by atoms with Crippen LogP contribution in [-0.2, 0) is 9.59 Å². The molecule has 0 radical (unpaired) electrons. The quantitative estimate of drug-likeness (QED) is 0.349. The van der Waals surface area contributed by atoms with E-state index in [1.54, 1.807) is 42.5 Å². The van der Waals surface area contributed by atoms with E-state index in [0.29, 0.717) is 24.2 Å². The molecule has 3 atom stereocenters. The number of carbonyl (C=O) groups excluding carboxylic acids is 4. The molecule has 1 aliphatic carbocycles. The van der Waals surface area contributed by atoms with Gasteiger partial charge in [-0.25, -0.2) is 5.01 Å². The highest BCUT2D eigenvalue weighted by Gasteiger charge is 2.53. The monoisotopic (exact) mass is 480 g/mol. The van der Waals surface area contributed by atoms with Crippen molar-refractivity contribution >= 4 is 35.1 Å². The number of Topliss-reactive ketones (excluding diaryl/α,β-unsaturated/α-hetero) is 1. The molecule has 7 nitrogen and oxygen atoms in total. The highest BCUT2D eigenvalue weighted by molar-refractivity contribution is 6.34. The molecule has 0 saturated carbocycles. The Morgan fingerprint density at radius 1 is 1.06 bits per heavy atom. The van der Waals surface area contributed by atoms with Crippen molar-refractivity contribution in [2.45, 2.75) is 32.7 Å². The van der Waals surface area contributed by atoms with Crippen molar-refractivity contribution in [3.8, 4) is 5.75 Å². The average Bonchev–Trinajstić information content (AvgIpc) is 3.08. The van der Waals surface area contributed by atoms with E-state index in [2.05, 4.69) is 0 Å². The summed E-state index contributed by atoms with van der Waals surface area (Å²) in [4.78, 5) is 53.9. The summed E-state index contributed by atoms with van der Waals surface area (Å²) in [5.74, 6) is -2.60. The zero-order valence-corrected chi connectivity index (χ0v) is 19.9. The number of fused-ring (bicyclic) bond motifs is 1. The first-order valence-electron chi connectivity index (χ1n) is 11.0. The summed E-state index contributed by atoms with van der Waals surface area (Å²) in [7, 11) is 1.52. The van der Waals surface area contributed by atoms with Crippen LogP contribution in [0.1, 0.15) is 47.4 Å². The number of imide groups is 1. The zero-order chi connectivity index (χ0) is 24.6. The standard InChI is InChI=1S/C26H25ClN2O5/c1-15-8-13-19-21(14-15)26(33)29(24(19)31)28(25(32)20-6-4-5-7-22(20)27)16(2)23(30)17-9-11-18(34-3)12-10-17/h4-12,16,19,21H,13-14H2,1-3H3/t16-,19+,21+/m0/s1. The molecule has 4 rings (SSSR count). The fourth-order valence-electron chi connectivity index (χ4n) is 4.54. The maximum Gasteiger partial charge on any atom is 0.275 e. The first-order chi connectivity index (χ1) is 16.2. The van der Waals surface area contributed by atoms with E-state index in [1.165, 1.54) is 20.1 Å². The third-order valence-electron chi connectivity index (χ3n) is 6.45. The summed E-state index contributed by atoms with van der Waals surface area (Å²) < 4.78 is 5.15. The Labute approximate surface area is 202 Å². The minimum Gasteiger partial charge on any atom is -0.497 e. The van der Waals surface area contributed by atoms with Crippen molar-refractivity contribution in [1.82, 2.24) is 10.0 Å². The molecule has 8 heteroatoms. The fourth-order valence-corrected chi connectivity index (χ4v) is 4.75. The summed E-state index contributed by atoms with van der Waals surface area (Å²) in [6, 6.07) is 11.6. The molecule has 176 valence electrons. The van der Waals surface area contributed by atoms with Gasteiger partial charge in [-0.15, -0.1) is 0 Å². The number of ketones is 1. The molecule has 1 fully saturated rings. The molecule has 0 aromatic heterocycles. The SMILES string of the molecule is COc1ccc(C(=O)[C@H](C)N(C(=O)c2ccccc2Cl)N2C(=O)[C@@H]3CC=C(C)C[C@H]3C2=O)cc1. The van der Waals surface area contributed by atoms with Crippen molar-refractivity contribution < 1.29 is 23.9 Å². The first-order valence-corrected chi connectivity index (χ1v) is 11.4. The molecule has 1 heterocycles. The lowest BCUT2D eigenvalue weighted by atomic mass is 9.82. The van der Waals surface area contributed by atoms with E-state index in [4.69, 9.17) is 16.3 Å². The number of hydrazine groups is 1. The number of rotatable bonds is 6. The van der Waals surface area contributed by atoms with Gasteiger partial charge in [-0.05, 0) is 63.1 Å². The van der Waals surface area contributed by atoms with Crippen LogP contribution in [0.15, 0.2) is 60.2 Å². The van der Waals surface area contributed by atoms with Gasteiger partial charge >= 0.3 is 0 Å². The number of carbonyl (C=O) groups is 4. The third kappa shape index (κ3) is 4.12. The predicted molar refractivity (Wildman–Crippen MR) is 126 cm³/mol. The van der Waals surface area contributed by atoms with Gasteiger partial charge in [0.25, 0.3) is 17.7 Å². The van der Waals surface area contributed by atoms with Gasteiger partial charge in [0, 0.05) is 5.56 Å². The van der Waals surface area contributed by atoms with Crippen LogP contribution in [0.4, 0.5) is 0 Å². The lowest BCUT2D eigenvalue weighted by Crippen LogP contribution is -2.56. The van der Waals surface area contributed by atoms with Crippen molar-refractivity contribution in [3.63, 3.8) is 0 Å². The van der Waals surface area contributed by atoms with E-state index in [9.17, 15) is 19.2 Å². The van der Waals surface area contributed by atoms with Crippen LogP contribution >= 0.6 is 11.6 Å². The molecule has 0 bridgehead atoms. The smallest absolute Gasteiger partial charge is 0.275 e. The number of nitrogens with zero attached hydrogens (tertiary/aromatic N) is 2. The Morgan fingerprint density at radius 3 is 2.35 bits per heavy atom. The van der Waals surface area contributed by atoms with Crippen molar-refractivity contribution in [2.75, 3.05) is 7.11 Å². The summed E-state index contributed by atoms with van der Waals surface area (Å²) >= 11 is 6.28. The number of amides is 3. The average molecular weight is 481 g/mol. The van der Waals surface area contributed by atoms with Crippen LogP contribution in [0.3, 0.4) is 0 Å². The highest BCUT2D eigenvalue weighted by atomic mass is 35.5. The van der Waals surface area contributed by atoms with Crippen LogP contribution in [0.25, 0.3) is 0 Å². The Morgan fingerprint density at radius 2 is 1.71 bits per heavy atom. The fraction of sp³-hybridized carbons (Fsp3) is 0.308. The largest absolute Gasteiger partial charge is 0.497 e. The lowest BCUT2D eigenvalue weighted by molar-refractivity contribution is -0.156. The number of methoxy groups -OCH3 is 1. The van der Waals surface area contributed by atoms with Gasteiger partial charge < -0.3 is 4.74 Å². The van der Waals surface area contributed by atoms with Crippen LogP contribution < -0.4 is 4.74 Å². The Hall–Kier alpha value is -3.45. The summed E-state index contributed by atoms with van der Waals surface area (Å²) in [6.45, 7) is 3.42. The van der Waals surface area contributed by atoms with E-state index >= 15 is 0 Å². The number of allylic oxidation sites excluding steroid dienone is 2. The molecule has 1 aliphatic heterocycles. The normalized spacial score (nSPS) is 20.5. The molecule has 2 aliphatic rings. The van der Waals surface area contributed by atoms with Crippen molar-refractivity contribution in [3.05, 3.63) is 76.3 Å². The number of ether oxygens (including phenoxy) is 1. The van der Waals surface area contributed by atoms with Crippen LogP contribution in [0.2, 0.25) is 5.02 Å². The van der Waals surface area contributed by atoms with Crippen LogP contribution in [-0.4, -0.2) is 46.7 Å². The molecule has 0 N–H and O–H groups in total. The van der Waals surface area contributed by atoms with Gasteiger partial charge in [0.1, 0.15) is 11.8 Å². The molecule has 2 aromatic rings. The Balaban J connectivity index is 1.75. The van der Waals surface area contributed by atoms with E-state index in [1.807, 2.05) is 13.0 Å². The lowest BCUT2D eigenvalue weighted by Gasteiger charge is -2.35. The summed E-state index contributed by atoms with van der Waals surface area (Å²) in [5.41, 5.74) is 1.44. The molecule has 34 heavy (non-hydrogen) atoms. The molecular formula is C26H25ClN2O5. The number of hydrogen-bond donors (Lipinski definition) is 0. The molecule has 1 saturated heterocycles. The zero-order valence-electron chi connectivity index (χ0n) is 19.2. The van der Waals surface area contributed by atoms with Gasteiger partial charge in [-0.2, -0.15) is 5.01 Å². The van der Waals surface area contributed by atoms with Crippen LogP contribution in [0.5, 0.6) is 5.75 Å². The summed E-state index contributed by atoms with van der Waals surface area (Å²) in [5, 5.41) is 2.02. The molecular weight excluding hydrogens is 456 g/mol. The number of hydrogen-bond acceptors (Lipinski definition) is 5. The predicted octanol–water partition coefficient (Wildman–Crippen LogP) is 4.32. The molecule has 3 amide bonds. The van der Waals surface area contributed by atoms with Gasteiger partial charge in [0.15, 0.2) is 5.78 Å². The molecule has 0 unspecified atom stereocenters. The second kappa shape index (κ2) is 9.43. The Kier molecular flexibility index (Phi) is 6.57. The first kappa shape index (κ1) is 23.7. The number of benzene rings is 2. The minimum atomic E-state index is -1.14. The number of halogens is 1. The van der Waals surface area contributed by atoms with Crippen molar-refractivity contribution in [2.24, 2.45) is 11.8 Å². The van der Waals surface area contributed by atoms with E-state index in [-0.39, 0.29) is 10.6 Å². The molecule has 2 aromatic carbocycles. The topological polar surface area (TPSA) is 84.0 Å².